The zero-order chi connectivity index (χ0) is 23.2. The number of piperazine rings is 1. The molecule has 2 aromatic heterocycles. The first-order chi connectivity index (χ1) is 15.8. The lowest BCUT2D eigenvalue weighted by Gasteiger charge is -2.37. The van der Waals surface area contributed by atoms with Gasteiger partial charge in [0.05, 0.1) is 11.4 Å². The van der Waals surface area contributed by atoms with E-state index < -0.39 is 10.0 Å². The van der Waals surface area contributed by atoms with E-state index in [1.54, 1.807) is 24.1 Å². The summed E-state index contributed by atoms with van der Waals surface area (Å²) in [6, 6.07) is 6.47. The Balaban J connectivity index is 1.23. The van der Waals surface area contributed by atoms with Gasteiger partial charge in [-0.3, -0.25) is 14.9 Å². The van der Waals surface area contributed by atoms with Gasteiger partial charge in [0, 0.05) is 62.6 Å². The molecule has 1 atom stereocenters. The highest BCUT2D eigenvalue weighted by atomic mass is 32.2. The molecule has 33 heavy (non-hydrogen) atoms. The Morgan fingerprint density at radius 2 is 1.94 bits per heavy atom. The summed E-state index contributed by atoms with van der Waals surface area (Å²) in [6.07, 6.45) is 2.14. The first-order valence-corrected chi connectivity index (χ1v) is 12.2. The number of aryl methyl sites for hydroxylation is 1. The number of fused-ring (bicyclic) bond motifs is 1. The minimum absolute atomic E-state index is 0.0276. The van der Waals surface area contributed by atoms with Crippen molar-refractivity contribution in [1.82, 2.24) is 29.4 Å². The van der Waals surface area contributed by atoms with Crippen LogP contribution >= 0.6 is 0 Å². The Kier molecular flexibility index (Phi) is 5.49. The second-order valence-corrected chi connectivity index (χ2v) is 10.2. The summed E-state index contributed by atoms with van der Waals surface area (Å²) >= 11 is 0. The second kappa shape index (κ2) is 8.34. The van der Waals surface area contributed by atoms with Gasteiger partial charge in [0.15, 0.2) is 0 Å². The van der Waals surface area contributed by atoms with Gasteiger partial charge in [-0.15, -0.1) is 5.10 Å². The van der Waals surface area contributed by atoms with E-state index in [0.29, 0.717) is 43.9 Å². The maximum absolute atomic E-state index is 13.6. The monoisotopic (exact) mass is 473 g/mol. The number of rotatable bonds is 4. The molecule has 2 saturated heterocycles. The third kappa shape index (κ3) is 4.04. The summed E-state index contributed by atoms with van der Waals surface area (Å²) in [5.74, 6) is -0.310. The number of carbonyl (C=O) groups is 1. The standard InChI is InChI=1S/C21H24FN7O3S/c1-14-24-21(26-25-14)33(31,32)29-7-5-15(13-29)20(30)28-10-8-27(9-11-28)19-4-6-23-18-12-16(22)2-3-17(18)19/h2-4,6,12,15H,5,7-11,13H2,1H3,(H,24,25,26)/t15-/m0/s1. The summed E-state index contributed by atoms with van der Waals surface area (Å²) in [4.78, 5) is 25.3. The quantitative estimate of drug-likeness (QED) is 0.605. The second-order valence-electron chi connectivity index (χ2n) is 8.36. The molecule has 12 heteroatoms. The molecule has 10 nitrogen and oxygen atoms in total. The number of pyridine rings is 1. The highest BCUT2D eigenvalue weighted by molar-refractivity contribution is 7.89. The molecule has 0 aliphatic carbocycles. The average Bonchev–Trinajstić information content (AvgIpc) is 3.48. The Labute approximate surface area is 190 Å². The first-order valence-electron chi connectivity index (χ1n) is 10.8. The molecular weight excluding hydrogens is 449 g/mol. The number of aromatic nitrogens is 4. The maximum atomic E-state index is 13.6. The average molecular weight is 474 g/mol. The molecule has 1 amide bonds. The van der Waals surface area contributed by atoms with Gasteiger partial charge in [-0.05, 0) is 31.5 Å². The molecule has 1 N–H and O–H groups in total. The molecular formula is C21H24FN7O3S. The predicted molar refractivity (Wildman–Crippen MR) is 118 cm³/mol. The van der Waals surface area contributed by atoms with Crippen LogP contribution in [0.25, 0.3) is 10.9 Å². The molecule has 2 fully saturated rings. The van der Waals surface area contributed by atoms with Gasteiger partial charge in [0.25, 0.3) is 15.2 Å². The van der Waals surface area contributed by atoms with Crippen molar-refractivity contribution in [1.29, 1.82) is 0 Å². The zero-order valence-corrected chi connectivity index (χ0v) is 18.9. The van der Waals surface area contributed by atoms with Gasteiger partial charge in [0.2, 0.25) is 5.91 Å². The third-order valence-corrected chi connectivity index (χ3v) is 7.92. The van der Waals surface area contributed by atoms with Crippen LogP contribution in [0.3, 0.4) is 0 Å². The van der Waals surface area contributed by atoms with Gasteiger partial charge >= 0.3 is 0 Å². The van der Waals surface area contributed by atoms with Crippen LogP contribution in [0.1, 0.15) is 12.2 Å². The van der Waals surface area contributed by atoms with E-state index in [-0.39, 0.29) is 35.9 Å². The SMILES string of the molecule is Cc1nc(S(=O)(=O)N2CC[C@H](C(=O)N3CCN(c4ccnc5cc(F)ccc45)CC3)C2)n[nH]1. The zero-order valence-electron chi connectivity index (χ0n) is 18.1. The maximum Gasteiger partial charge on any atom is 0.282 e. The summed E-state index contributed by atoms with van der Waals surface area (Å²) < 4.78 is 40.3. The minimum atomic E-state index is -3.82. The molecule has 4 heterocycles. The normalized spacial score (nSPS) is 20.0. The third-order valence-electron chi connectivity index (χ3n) is 6.26. The van der Waals surface area contributed by atoms with Crippen LogP contribution in [0.15, 0.2) is 35.6 Å². The Morgan fingerprint density at radius 3 is 2.67 bits per heavy atom. The van der Waals surface area contributed by atoms with Crippen LogP contribution in [0.5, 0.6) is 0 Å². The summed E-state index contributed by atoms with van der Waals surface area (Å²) in [5, 5.41) is 6.92. The van der Waals surface area contributed by atoms with Crippen LogP contribution in [0.4, 0.5) is 10.1 Å². The molecule has 5 rings (SSSR count). The van der Waals surface area contributed by atoms with Gasteiger partial charge in [-0.25, -0.2) is 17.8 Å². The topological polar surface area (TPSA) is 115 Å². The van der Waals surface area contributed by atoms with E-state index in [1.165, 1.54) is 16.4 Å². The van der Waals surface area contributed by atoms with Crippen molar-refractivity contribution in [3.05, 3.63) is 42.1 Å². The fraction of sp³-hybridized carbons (Fsp3) is 0.429. The van der Waals surface area contributed by atoms with Crippen molar-refractivity contribution in [2.24, 2.45) is 5.92 Å². The lowest BCUT2D eigenvalue weighted by atomic mass is 10.1. The molecule has 174 valence electrons. The number of nitrogens with one attached hydrogen (secondary N) is 1. The van der Waals surface area contributed by atoms with E-state index in [2.05, 4.69) is 25.1 Å². The molecule has 0 radical (unpaired) electrons. The van der Waals surface area contributed by atoms with Crippen molar-refractivity contribution >= 4 is 32.5 Å². The fourth-order valence-electron chi connectivity index (χ4n) is 4.51. The molecule has 0 bridgehead atoms. The largest absolute Gasteiger partial charge is 0.367 e. The lowest BCUT2D eigenvalue weighted by molar-refractivity contribution is -0.135. The van der Waals surface area contributed by atoms with E-state index in [0.717, 1.165) is 11.1 Å². The number of nitrogens with zero attached hydrogens (tertiary/aromatic N) is 6. The van der Waals surface area contributed by atoms with Crippen LogP contribution in [0.2, 0.25) is 0 Å². The number of amides is 1. The number of hydrogen-bond acceptors (Lipinski definition) is 7. The molecule has 0 unspecified atom stereocenters. The van der Waals surface area contributed by atoms with Gasteiger partial charge < -0.3 is 9.80 Å². The van der Waals surface area contributed by atoms with E-state index in [4.69, 9.17) is 0 Å². The molecule has 2 aliphatic rings. The number of benzene rings is 1. The number of carbonyl (C=O) groups excluding carboxylic acids is 1. The highest BCUT2D eigenvalue weighted by Gasteiger charge is 2.39. The number of sulfonamides is 1. The molecule has 2 aliphatic heterocycles. The smallest absolute Gasteiger partial charge is 0.282 e. The first kappa shape index (κ1) is 21.7. The van der Waals surface area contributed by atoms with Crippen LogP contribution in [-0.4, -0.2) is 83.0 Å². The van der Waals surface area contributed by atoms with Crippen molar-refractivity contribution in [2.75, 3.05) is 44.2 Å². The summed E-state index contributed by atoms with van der Waals surface area (Å²) in [6.45, 7) is 4.37. The number of anilines is 1. The van der Waals surface area contributed by atoms with Crippen molar-refractivity contribution in [3.63, 3.8) is 0 Å². The Bertz CT molecular complexity index is 1300. The van der Waals surface area contributed by atoms with Crippen molar-refractivity contribution in [3.8, 4) is 0 Å². The Hall–Kier alpha value is -3.12. The van der Waals surface area contributed by atoms with Crippen LogP contribution in [-0.2, 0) is 14.8 Å². The van der Waals surface area contributed by atoms with Crippen LogP contribution in [0, 0.1) is 18.7 Å². The molecule has 1 aromatic carbocycles. The number of H-pyrrole nitrogens is 1. The van der Waals surface area contributed by atoms with E-state index in [9.17, 15) is 17.6 Å². The number of hydrogen-bond donors (Lipinski definition) is 1. The van der Waals surface area contributed by atoms with Gasteiger partial charge in [0.1, 0.15) is 11.6 Å². The van der Waals surface area contributed by atoms with E-state index in [1.807, 2.05) is 6.07 Å². The minimum Gasteiger partial charge on any atom is -0.367 e. The lowest BCUT2D eigenvalue weighted by Crippen LogP contribution is -2.50. The molecule has 0 spiro atoms. The molecule has 3 aromatic rings. The molecule has 0 saturated carbocycles. The summed E-state index contributed by atoms with van der Waals surface area (Å²) in [5.41, 5.74) is 1.56. The van der Waals surface area contributed by atoms with Crippen LogP contribution < -0.4 is 4.90 Å². The fourth-order valence-corrected chi connectivity index (χ4v) is 5.88. The number of halogens is 1. The predicted octanol–water partition coefficient (Wildman–Crippen LogP) is 1.16. The van der Waals surface area contributed by atoms with Gasteiger partial charge in [-0.1, -0.05) is 0 Å². The highest BCUT2D eigenvalue weighted by Crippen LogP contribution is 2.28. The van der Waals surface area contributed by atoms with E-state index >= 15 is 0 Å². The number of aromatic amines is 1. The Morgan fingerprint density at radius 1 is 1.15 bits per heavy atom. The van der Waals surface area contributed by atoms with Crippen molar-refractivity contribution < 1.29 is 17.6 Å². The van der Waals surface area contributed by atoms with Gasteiger partial charge in [-0.2, -0.15) is 4.31 Å². The summed E-state index contributed by atoms with van der Waals surface area (Å²) in [7, 11) is -3.82. The van der Waals surface area contributed by atoms with Crippen molar-refractivity contribution in [2.45, 2.75) is 18.5 Å².